The van der Waals surface area contributed by atoms with Crippen LogP contribution < -0.4 is 11.3 Å². The minimum Gasteiger partial charge on any atom is -0.299 e. The Kier molecular flexibility index (Phi) is 4.43. The lowest BCUT2D eigenvalue weighted by molar-refractivity contribution is -0.133. The first-order valence-corrected chi connectivity index (χ1v) is 4.32. The number of hydrogen-bond acceptors (Lipinski definition) is 4. The van der Waals surface area contributed by atoms with E-state index < -0.39 is 17.1 Å². The maximum atomic E-state index is 11.4. The number of amides is 1. The summed E-state index contributed by atoms with van der Waals surface area (Å²) in [5, 5.41) is 0. The summed E-state index contributed by atoms with van der Waals surface area (Å²) < 4.78 is 0. The van der Waals surface area contributed by atoms with Crippen LogP contribution >= 0.6 is 0 Å². The zero-order valence-corrected chi connectivity index (χ0v) is 8.72. The van der Waals surface area contributed by atoms with Crippen molar-refractivity contribution in [1.82, 2.24) is 5.43 Å². The molecule has 5 heteroatoms. The highest BCUT2D eigenvalue weighted by Gasteiger charge is 2.24. The molecule has 0 fully saturated rings. The molecule has 0 aliphatic carbocycles. The van der Waals surface area contributed by atoms with Crippen LogP contribution in [0, 0.1) is 5.41 Å². The minimum absolute atomic E-state index is 0.174. The predicted octanol–water partition coefficient (Wildman–Crippen LogP) is -0.0592. The van der Waals surface area contributed by atoms with Crippen LogP contribution in [-0.4, -0.2) is 17.5 Å². The second kappa shape index (κ2) is 4.85. The Hall–Kier alpha value is -1.23. The summed E-state index contributed by atoms with van der Waals surface area (Å²) in [5.74, 6) is 3.64. The number of hydrazine groups is 1. The second-order valence-corrected chi connectivity index (χ2v) is 4.13. The van der Waals surface area contributed by atoms with Crippen LogP contribution in [0.5, 0.6) is 0 Å². The largest absolute Gasteiger partial charge is 0.299 e. The number of ketones is 2. The molecule has 0 aromatic heterocycles. The van der Waals surface area contributed by atoms with Gasteiger partial charge in [-0.3, -0.25) is 19.8 Å². The van der Waals surface area contributed by atoms with Crippen LogP contribution in [0.3, 0.4) is 0 Å². The Labute approximate surface area is 83.0 Å². The summed E-state index contributed by atoms with van der Waals surface area (Å²) in [6.07, 6.45) is -0.546. The fourth-order valence-corrected chi connectivity index (χ4v) is 0.737. The molecular weight excluding hydrogens is 184 g/mol. The van der Waals surface area contributed by atoms with Crippen molar-refractivity contribution in [3.8, 4) is 0 Å². The molecule has 0 heterocycles. The van der Waals surface area contributed by atoms with Crippen LogP contribution in [0.4, 0.5) is 0 Å². The average molecular weight is 200 g/mol. The molecule has 0 saturated heterocycles. The van der Waals surface area contributed by atoms with Gasteiger partial charge in [0, 0.05) is 5.41 Å². The van der Waals surface area contributed by atoms with Gasteiger partial charge in [0.05, 0.1) is 12.8 Å². The lowest BCUT2D eigenvalue weighted by atomic mass is 9.87. The lowest BCUT2D eigenvalue weighted by Crippen LogP contribution is -2.33. The quantitative estimate of drug-likeness (QED) is 0.288. The Morgan fingerprint density at radius 3 is 2.00 bits per heavy atom. The molecule has 0 aromatic rings. The third kappa shape index (κ3) is 4.71. The van der Waals surface area contributed by atoms with Gasteiger partial charge in [-0.25, -0.2) is 5.84 Å². The van der Waals surface area contributed by atoms with Crippen molar-refractivity contribution >= 4 is 17.5 Å². The summed E-state index contributed by atoms with van der Waals surface area (Å²) in [6, 6.07) is 0. The van der Waals surface area contributed by atoms with Gasteiger partial charge in [-0.15, -0.1) is 0 Å². The van der Waals surface area contributed by atoms with Crippen molar-refractivity contribution in [3.63, 3.8) is 0 Å². The fraction of sp³-hybridized carbons (Fsp3) is 0.667. The van der Waals surface area contributed by atoms with Gasteiger partial charge in [0.15, 0.2) is 0 Å². The van der Waals surface area contributed by atoms with E-state index in [-0.39, 0.29) is 18.6 Å². The maximum Gasteiger partial charge on any atom is 0.241 e. The SMILES string of the molecule is CC(C)(C)C(=O)CC(=O)CC(=O)NN. The zero-order chi connectivity index (χ0) is 11.4. The van der Waals surface area contributed by atoms with E-state index in [4.69, 9.17) is 5.84 Å². The third-order valence-corrected chi connectivity index (χ3v) is 1.71. The molecule has 0 spiro atoms. The van der Waals surface area contributed by atoms with Gasteiger partial charge >= 0.3 is 0 Å². The van der Waals surface area contributed by atoms with Gasteiger partial charge in [0.2, 0.25) is 5.91 Å². The average Bonchev–Trinajstić information content (AvgIpc) is 2.02. The third-order valence-electron chi connectivity index (χ3n) is 1.71. The molecule has 0 saturated carbocycles. The van der Waals surface area contributed by atoms with Crippen LogP contribution in [0.2, 0.25) is 0 Å². The molecule has 0 bridgehead atoms. The van der Waals surface area contributed by atoms with E-state index in [1.54, 1.807) is 20.8 Å². The number of hydrogen-bond donors (Lipinski definition) is 2. The van der Waals surface area contributed by atoms with Crippen molar-refractivity contribution in [1.29, 1.82) is 0 Å². The van der Waals surface area contributed by atoms with Gasteiger partial charge in [0.25, 0.3) is 0 Å². The zero-order valence-electron chi connectivity index (χ0n) is 8.72. The Morgan fingerprint density at radius 2 is 1.64 bits per heavy atom. The molecule has 3 N–H and O–H groups in total. The first-order chi connectivity index (χ1) is 6.27. The molecule has 0 aliphatic rings. The summed E-state index contributed by atoms with van der Waals surface area (Å²) in [6.45, 7) is 5.18. The van der Waals surface area contributed by atoms with Crippen molar-refractivity contribution < 1.29 is 14.4 Å². The van der Waals surface area contributed by atoms with E-state index in [0.717, 1.165) is 0 Å². The van der Waals surface area contributed by atoms with Crippen LogP contribution in [0.15, 0.2) is 0 Å². The Balaban J connectivity index is 4.09. The Morgan fingerprint density at radius 1 is 1.14 bits per heavy atom. The fourth-order valence-electron chi connectivity index (χ4n) is 0.737. The van der Waals surface area contributed by atoms with Gasteiger partial charge in [-0.2, -0.15) is 0 Å². The number of carbonyl (C=O) groups is 3. The van der Waals surface area contributed by atoms with Crippen molar-refractivity contribution in [2.75, 3.05) is 0 Å². The van der Waals surface area contributed by atoms with Crippen molar-refractivity contribution in [3.05, 3.63) is 0 Å². The normalized spacial score (nSPS) is 10.9. The molecule has 0 atom stereocenters. The summed E-state index contributed by atoms with van der Waals surface area (Å²) in [4.78, 5) is 33.2. The predicted molar refractivity (Wildman–Crippen MR) is 51.0 cm³/mol. The number of rotatable bonds is 4. The molecule has 0 aliphatic heterocycles. The monoisotopic (exact) mass is 200 g/mol. The van der Waals surface area contributed by atoms with E-state index in [2.05, 4.69) is 0 Å². The lowest BCUT2D eigenvalue weighted by Gasteiger charge is -2.15. The smallest absolute Gasteiger partial charge is 0.241 e. The molecule has 80 valence electrons. The Bertz CT molecular complexity index is 253. The summed E-state index contributed by atoms with van der Waals surface area (Å²) >= 11 is 0. The first kappa shape index (κ1) is 12.8. The van der Waals surface area contributed by atoms with Gasteiger partial charge < -0.3 is 0 Å². The highest BCUT2D eigenvalue weighted by atomic mass is 16.2. The minimum atomic E-state index is -0.572. The van der Waals surface area contributed by atoms with E-state index in [1.165, 1.54) is 0 Å². The molecule has 5 nitrogen and oxygen atoms in total. The van der Waals surface area contributed by atoms with Crippen molar-refractivity contribution in [2.45, 2.75) is 33.6 Å². The van der Waals surface area contributed by atoms with Crippen molar-refractivity contribution in [2.24, 2.45) is 11.3 Å². The molecule has 0 rings (SSSR count). The molecular formula is C9H16N2O3. The molecule has 0 radical (unpaired) electrons. The number of nitrogens with two attached hydrogens (primary N) is 1. The number of carbonyl (C=O) groups excluding carboxylic acids is 3. The highest BCUT2D eigenvalue weighted by molar-refractivity contribution is 6.07. The number of Topliss-reactive ketones (excluding diaryl/α,β-unsaturated/α-hetero) is 2. The molecule has 0 unspecified atom stereocenters. The van der Waals surface area contributed by atoms with Crippen LogP contribution in [0.25, 0.3) is 0 Å². The van der Waals surface area contributed by atoms with E-state index in [0.29, 0.717) is 0 Å². The van der Waals surface area contributed by atoms with Gasteiger partial charge in [-0.05, 0) is 0 Å². The number of nitrogens with one attached hydrogen (secondary N) is 1. The van der Waals surface area contributed by atoms with Crippen LogP contribution in [-0.2, 0) is 14.4 Å². The maximum absolute atomic E-state index is 11.4. The highest BCUT2D eigenvalue weighted by Crippen LogP contribution is 2.16. The topological polar surface area (TPSA) is 89.3 Å². The second-order valence-electron chi connectivity index (χ2n) is 4.13. The van der Waals surface area contributed by atoms with Gasteiger partial charge in [-0.1, -0.05) is 20.8 Å². The van der Waals surface area contributed by atoms with Gasteiger partial charge in [0.1, 0.15) is 11.6 Å². The summed E-state index contributed by atoms with van der Waals surface area (Å²) in [7, 11) is 0. The van der Waals surface area contributed by atoms with E-state index in [1.807, 2.05) is 5.43 Å². The van der Waals surface area contributed by atoms with E-state index in [9.17, 15) is 14.4 Å². The molecule has 1 amide bonds. The first-order valence-electron chi connectivity index (χ1n) is 4.32. The van der Waals surface area contributed by atoms with E-state index >= 15 is 0 Å². The molecule has 14 heavy (non-hydrogen) atoms. The summed E-state index contributed by atoms with van der Waals surface area (Å²) in [5.41, 5.74) is 1.29. The standard InChI is InChI=1S/C9H16N2O3/c1-9(2,3)7(13)4-6(12)5-8(14)11-10/h4-5,10H2,1-3H3,(H,11,14). The van der Waals surface area contributed by atoms with Crippen LogP contribution in [0.1, 0.15) is 33.6 Å². The molecule has 0 aromatic carbocycles.